The van der Waals surface area contributed by atoms with Crippen LogP contribution in [0.15, 0.2) is 48.5 Å². The summed E-state index contributed by atoms with van der Waals surface area (Å²) in [5.41, 5.74) is 3.00. The van der Waals surface area contributed by atoms with Crippen molar-refractivity contribution >= 4 is 11.6 Å². The third-order valence-corrected chi connectivity index (χ3v) is 5.05. The van der Waals surface area contributed by atoms with Gasteiger partial charge in [0.15, 0.2) is 0 Å². The molecule has 0 atom stereocenters. The van der Waals surface area contributed by atoms with Gasteiger partial charge in [-0.15, -0.1) is 0 Å². The Morgan fingerprint density at radius 1 is 1.03 bits per heavy atom. The van der Waals surface area contributed by atoms with Crippen LogP contribution in [-0.2, 0) is 11.3 Å². The van der Waals surface area contributed by atoms with Crippen LogP contribution in [0.1, 0.15) is 23.6 Å². The lowest BCUT2D eigenvalue weighted by Crippen LogP contribution is -2.28. The van der Waals surface area contributed by atoms with Crippen molar-refractivity contribution in [3.05, 3.63) is 71.2 Å². The molecule has 2 aromatic carbocycles. The SMILES string of the molecule is COc1ccc(OC)c(CN(C(C)=O)c2ccc(F)nc2Oc2cccc(C)c2C)c1. The maximum absolute atomic E-state index is 14.0. The zero-order valence-corrected chi connectivity index (χ0v) is 18.2. The lowest BCUT2D eigenvalue weighted by atomic mass is 10.1. The minimum absolute atomic E-state index is 0.00534. The number of pyridine rings is 1. The predicted molar refractivity (Wildman–Crippen MR) is 117 cm³/mol. The second-order valence-corrected chi connectivity index (χ2v) is 7.04. The van der Waals surface area contributed by atoms with Crippen LogP contribution in [-0.4, -0.2) is 25.1 Å². The molecule has 0 aliphatic rings. The highest BCUT2D eigenvalue weighted by atomic mass is 19.1. The number of hydrogen-bond donors (Lipinski definition) is 0. The standard InChI is InChI=1S/C24H25FN2O4/c1-15-7-6-8-21(16(15)2)31-24-20(10-12-23(25)26-24)27(17(3)28)14-18-13-19(29-4)9-11-22(18)30-5/h6-13H,14H2,1-5H3. The van der Waals surface area contributed by atoms with Gasteiger partial charge in [0.25, 0.3) is 0 Å². The number of carbonyl (C=O) groups is 1. The molecule has 0 saturated heterocycles. The fraction of sp³-hybridized carbons (Fsp3) is 0.250. The van der Waals surface area contributed by atoms with Crippen LogP contribution >= 0.6 is 0 Å². The summed E-state index contributed by atoms with van der Waals surface area (Å²) in [5.74, 6) is 0.811. The minimum Gasteiger partial charge on any atom is -0.497 e. The largest absolute Gasteiger partial charge is 0.497 e. The van der Waals surface area contributed by atoms with Crippen LogP contribution in [0, 0.1) is 19.8 Å². The van der Waals surface area contributed by atoms with E-state index < -0.39 is 5.95 Å². The molecule has 3 rings (SSSR count). The van der Waals surface area contributed by atoms with Crippen molar-refractivity contribution in [2.75, 3.05) is 19.1 Å². The smallest absolute Gasteiger partial charge is 0.246 e. The van der Waals surface area contributed by atoms with Crippen molar-refractivity contribution < 1.29 is 23.4 Å². The molecule has 3 aromatic rings. The highest BCUT2D eigenvalue weighted by molar-refractivity contribution is 5.92. The van der Waals surface area contributed by atoms with Gasteiger partial charge in [-0.05, 0) is 61.4 Å². The van der Waals surface area contributed by atoms with Gasteiger partial charge in [0, 0.05) is 12.5 Å². The number of ether oxygens (including phenoxy) is 3. The van der Waals surface area contributed by atoms with Crippen molar-refractivity contribution in [3.8, 4) is 23.1 Å². The number of hydrogen-bond acceptors (Lipinski definition) is 5. The first-order valence-corrected chi connectivity index (χ1v) is 9.73. The van der Waals surface area contributed by atoms with Gasteiger partial charge < -0.3 is 19.1 Å². The van der Waals surface area contributed by atoms with Crippen molar-refractivity contribution in [1.82, 2.24) is 4.98 Å². The fourth-order valence-electron chi connectivity index (χ4n) is 3.17. The molecule has 0 unspecified atom stereocenters. The van der Waals surface area contributed by atoms with E-state index in [9.17, 15) is 9.18 Å². The zero-order valence-electron chi connectivity index (χ0n) is 18.2. The maximum atomic E-state index is 14.0. The first-order valence-electron chi connectivity index (χ1n) is 9.73. The number of carbonyl (C=O) groups excluding carboxylic acids is 1. The van der Waals surface area contributed by atoms with Gasteiger partial charge in [0.1, 0.15) is 22.9 Å². The van der Waals surface area contributed by atoms with E-state index in [4.69, 9.17) is 14.2 Å². The molecule has 0 radical (unpaired) electrons. The quantitative estimate of drug-likeness (QED) is 0.488. The van der Waals surface area contributed by atoms with E-state index in [1.165, 1.54) is 24.0 Å². The highest BCUT2D eigenvalue weighted by Gasteiger charge is 2.22. The molecule has 0 spiro atoms. The number of aryl methyl sites for hydroxylation is 1. The number of methoxy groups -OCH3 is 2. The zero-order chi connectivity index (χ0) is 22.5. The van der Waals surface area contributed by atoms with Gasteiger partial charge in [-0.3, -0.25) is 4.79 Å². The summed E-state index contributed by atoms with van der Waals surface area (Å²) >= 11 is 0. The van der Waals surface area contributed by atoms with Gasteiger partial charge in [-0.25, -0.2) is 0 Å². The average molecular weight is 424 g/mol. The molecule has 0 N–H and O–H groups in total. The fourth-order valence-corrected chi connectivity index (χ4v) is 3.17. The molecule has 0 fully saturated rings. The molecule has 6 nitrogen and oxygen atoms in total. The summed E-state index contributed by atoms with van der Waals surface area (Å²) in [5, 5.41) is 0. The Labute approximate surface area is 181 Å². The molecular weight excluding hydrogens is 399 g/mol. The van der Waals surface area contributed by atoms with E-state index in [0.717, 1.165) is 16.7 Å². The summed E-state index contributed by atoms with van der Waals surface area (Å²) in [6.07, 6.45) is 0. The number of rotatable bonds is 7. The predicted octanol–water partition coefficient (Wildman–Crippen LogP) is 5.20. The molecule has 0 aliphatic heterocycles. The Morgan fingerprint density at radius 3 is 2.48 bits per heavy atom. The van der Waals surface area contributed by atoms with Crippen molar-refractivity contribution in [1.29, 1.82) is 0 Å². The molecule has 31 heavy (non-hydrogen) atoms. The van der Waals surface area contributed by atoms with Crippen LogP contribution in [0.2, 0.25) is 0 Å². The van der Waals surface area contributed by atoms with E-state index >= 15 is 0 Å². The van der Waals surface area contributed by atoms with E-state index in [2.05, 4.69) is 4.98 Å². The minimum atomic E-state index is -0.702. The van der Waals surface area contributed by atoms with Crippen molar-refractivity contribution in [3.63, 3.8) is 0 Å². The number of amides is 1. The summed E-state index contributed by atoms with van der Waals surface area (Å²) in [4.78, 5) is 18.0. The molecular formula is C24H25FN2O4. The molecule has 1 heterocycles. The van der Waals surface area contributed by atoms with Gasteiger partial charge in [-0.1, -0.05) is 12.1 Å². The van der Waals surface area contributed by atoms with Crippen molar-refractivity contribution in [2.24, 2.45) is 0 Å². The normalized spacial score (nSPS) is 10.5. The Kier molecular flexibility index (Phi) is 6.74. The number of aromatic nitrogens is 1. The topological polar surface area (TPSA) is 60.9 Å². The first kappa shape index (κ1) is 22.1. The highest BCUT2D eigenvalue weighted by Crippen LogP contribution is 2.35. The summed E-state index contributed by atoms with van der Waals surface area (Å²) in [6, 6.07) is 13.6. The van der Waals surface area contributed by atoms with E-state index in [-0.39, 0.29) is 18.3 Å². The molecule has 0 saturated carbocycles. The van der Waals surface area contributed by atoms with E-state index in [1.807, 2.05) is 26.0 Å². The molecule has 1 aromatic heterocycles. The third-order valence-electron chi connectivity index (χ3n) is 5.05. The second-order valence-electron chi connectivity index (χ2n) is 7.04. The molecule has 7 heteroatoms. The van der Waals surface area contributed by atoms with Crippen LogP contribution in [0.25, 0.3) is 0 Å². The molecule has 0 aliphatic carbocycles. The van der Waals surface area contributed by atoms with Gasteiger partial charge in [-0.2, -0.15) is 9.37 Å². The van der Waals surface area contributed by atoms with Crippen LogP contribution in [0.3, 0.4) is 0 Å². The Bertz CT molecular complexity index is 1100. The molecule has 162 valence electrons. The van der Waals surface area contributed by atoms with Crippen LogP contribution in [0.4, 0.5) is 10.1 Å². The number of benzene rings is 2. The van der Waals surface area contributed by atoms with E-state index in [0.29, 0.717) is 22.9 Å². The lowest BCUT2D eigenvalue weighted by molar-refractivity contribution is -0.116. The monoisotopic (exact) mass is 424 g/mol. The Morgan fingerprint density at radius 2 is 1.81 bits per heavy atom. The van der Waals surface area contributed by atoms with Crippen LogP contribution in [0.5, 0.6) is 23.1 Å². The number of anilines is 1. The maximum Gasteiger partial charge on any atom is 0.246 e. The average Bonchev–Trinajstić information content (AvgIpc) is 2.75. The van der Waals surface area contributed by atoms with Crippen molar-refractivity contribution in [2.45, 2.75) is 27.3 Å². The Balaban J connectivity index is 2.05. The number of halogens is 1. The van der Waals surface area contributed by atoms with Crippen LogP contribution < -0.4 is 19.1 Å². The summed E-state index contributed by atoms with van der Waals surface area (Å²) in [7, 11) is 3.12. The van der Waals surface area contributed by atoms with Gasteiger partial charge >= 0.3 is 0 Å². The molecule has 0 bridgehead atoms. The lowest BCUT2D eigenvalue weighted by Gasteiger charge is -2.24. The van der Waals surface area contributed by atoms with Gasteiger partial charge in [0.05, 0.1) is 20.8 Å². The molecule has 1 amide bonds. The number of nitrogens with zero attached hydrogens (tertiary/aromatic N) is 2. The third kappa shape index (κ3) is 4.94. The van der Waals surface area contributed by atoms with Gasteiger partial charge in [0.2, 0.25) is 17.7 Å². The second kappa shape index (κ2) is 9.47. The first-order chi connectivity index (χ1) is 14.8. The summed E-state index contributed by atoms with van der Waals surface area (Å²) in [6.45, 7) is 5.45. The van der Waals surface area contributed by atoms with E-state index in [1.54, 1.807) is 38.5 Å². The Hall–Kier alpha value is -3.61. The summed E-state index contributed by atoms with van der Waals surface area (Å²) < 4.78 is 30.7.